The molecule has 5 rings (SSSR count). The molecule has 0 radical (unpaired) electrons. The fourth-order valence-corrected chi connectivity index (χ4v) is 5.32. The second kappa shape index (κ2) is 11.5. The van der Waals surface area contributed by atoms with Crippen molar-refractivity contribution in [2.45, 2.75) is 51.3 Å². The average molecular weight is 587 g/mol. The van der Waals surface area contributed by atoms with Crippen LogP contribution in [-0.4, -0.2) is 64.6 Å². The minimum Gasteiger partial charge on any atom is -0.482 e. The molecule has 1 fully saturated rings. The van der Waals surface area contributed by atoms with Gasteiger partial charge < -0.3 is 24.8 Å². The number of hydrogen-bond acceptors (Lipinski definition) is 7. The number of nitrogens with zero attached hydrogens (tertiary/aromatic N) is 3. The molecule has 2 aliphatic rings. The number of aliphatic hydroxyl groups excluding tert-OH is 1. The fraction of sp³-hybridized carbons (Fsp3) is 0.345. The predicted octanol–water partition coefficient (Wildman–Crippen LogP) is 2.29. The third kappa shape index (κ3) is 5.09. The van der Waals surface area contributed by atoms with Gasteiger partial charge in [0.15, 0.2) is 11.4 Å². The van der Waals surface area contributed by atoms with Crippen LogP contribution in [0.3, 0.4) is 0 Å². The molecular weight excluding hydrogens is 557 g/mol. The molecule has 1 saturated heterocycles. The van der Waals surface area contributed by atoms with Crippen molar-refractivity contribution in [3.63, 3.8) is 0 Å². The van der Waals surface area contributed by atoms with Gasteiger partial charge >= 0.3 is 0 Å². The lowest BCUT2D eigenvalue weighted by Gasteiger charge is -2.42. The maximum Gasteiger partial charge on any atom is 0.278 e. The smallest absolute Gasteiger partial charge is 0.278 e. The summed E-state index contributed by atoms with van der Waals surface area (Å²) in [6.45, 7) is 2.63. The molecule has 2 amide bonds. The monoisotopic (exact) mass is 586 g/mol. The Morgan fingerprint density at radius 1 is 1.07 bits per heavy atom. The van der Waals surface area contributed by atoms with Gasteiger partial charge in [-0.25, -0.2) is 13.2 Å². The van der Waals surface area contributed by atoms with Crippen LogP contribution in [0.1, 0.15) is 45.8 Å². The van der Waals surface area contributed by atoms with Gasteiger partial charge in [0.2, 0.25) is 5.43 Å². The number of amides is 2. The number of ether oxygens (including phenoxy) is 2. The highest BCUT2D eigenvalue weighted by molar-refractivity contribution is 5.99. The fourth-order valence-electron chi connectivity index (χ4n) is 5.32. The van der Waals surface area contributed by atoms with Crippen LogP contribution < -0.4 is 20.5 Å². The largest absolute Gasteiger partial charge is 0.482 e. The van der Waals surface area contributed by atoms with Crippen molar-refractivity contribution in [3.8, 4) is 5.75 Å². The number of nitrogens with one attached hydrogen (secondary N) is 1. The van der Waals surface area contributed by atoms with E-state index in [2.05, 4.69) is 5.32 Å². The van der Waals surface area contributed by atoms with E-state index in [1.165, 1.54) is 16.7 Å². The van der Waals surface area contributed by atoms with Crippen LogP contribution >= 0.6 is 0 Å². The Morgan fingerprint density at radius 3 is 2.38 bits per heavy atom. The van der Waals surface area contributed by atoms with Gasteiger partial charge in [0, 0.05) is 37.5 Å². The number of carbonyl (C=O) groups is 2. The second-order valence-corrected chi connectivity index (χ2v) is 10.2. The lowest BCUT2D eigenvalue weighted by atomic mass is 10.0. The summed E-state index contributed by atoms with van der Waals surface area (Å²) >= 11 is 0. The molecule has 2 aliphatic heterocycles. The molecular formula is C29H29F3N4O6. The highest BCUT2D eigenvalue weighted by Crippen LogP contribution is 2.31. The molecule has 0 saturated carbocycles. The molecule has 42 heavy (non-hydrogen) atoms. The van der Waals surface area contributed by atoms with E-state index in [9.17, 15) is 32.7 Å². The summed E-state index contributed by atoms with van der Waals surface area (Å²) in [5.74, 6) is -5.53. The van der Waals surface area contributed by atoms with E-state index < -0.39 is 82.4 Å². The van der Waals surface area contributed by atoms with E-state index in [4.69, 9.17) is 9.47 Å². The third-order valence-electron chi connectivity index (χ3n) is 7.73. The van der Waals surface area contributed by atoms with Crippen molar-refractivity contribution in [3.05, 3.63) is 98.7 Å². The zero-order valence-corrected chi connectivity index (χ0v) is 23.0. The lowest BCUT2D eigenvalue weighted by molar-refractivity contribution is -0.0464. The van der Waals surface area contributed by atoms with Crippen LogP contribution in [0.15, 0.2) is 53.5 Å². The second-order valence-electron chi connectivity index (χ2n) is 10.2. The van der Waals surface area contributed by atoms with Gasteiger partial charge in [0.05, 0.1) is 12.1 Å². The molecule has 10 nitrogen and oxygen atoms in total. The molecule has 0 aliphatic carbocycles. The Hall–Kier alpha value is -4.36. The first-order valence-corrected chi connectivity index (χ1v) is 13.2. The highest BCUT2D eigenvalue weighted by Gasteiger charge is 2.47. The topological polar surface area (TPSA) is 113 Å². The van der Waals surface area contributed by atoms with Crippen LogP contribution in [0.25, 0.3) is 0 Å². The van der Waals surface area contributed by atoms with E-state index in [0.29, 0.717) is 17.7 Å². The maximum absolute atomic E-state index is 14.2. The van der Waals surface area contributed by atoms with Gasteiger partial charge in [-0.15, -0.1) is 0 Å². The zero-order chi connectivity index (χ0) is 30.3. The number of halogens is 3. The van der Waals surface area contributed by atoms with Crippen LogP contribution in [-0.2, 0) is 17.9 Å². The molecule has 2 N–H and O–H groups in total. The van der Waals surface area contributed by atoms with E-state index in [1.54, 1.807) is 49.2 Å². The first kappa shape index (κ1) is 29.1. The van der Waals surface area contributed by atoms with Gasteiger partial charge in [-0.05, 0) is 19.4 Å². The summed E-state index contributed by atoms with van der Waals surface area (Å²) in [6, 6.07) is 8.56. The van der Waals surface area contributed by atoms with E-state index in [1.807, 2.05) is 0 Å². The van der Waals surface area contributed by atoms with Gasteiger partial charge in [0.1, 0.15) is 48.5 Å². The number of aromatic nitrogens is 1. The first-order chi connectivity index (χ1) is 20.0. The summed E-state index contributed by atoms with van der Waals surface area (Å²) in [4.78, 5) is 42.3. The summed E-state index contributed by atoms with van der Waals surface area (Å²) in [7, 11) is 1.42. The summed E-state index contributed by atoms with van der Waals surface area (Å²) in [5, 5.41) is 15.0. The van der Waals surface area contributed by atoms with Crippen LogP contribution in [0.4, 0.5) is 13.2 Å². The third-order valence-corrected chi connectivity index (χ3v) is 7.73. The molecule has 13 heteroatoms. The van der Waals surface area contributed by atoms with Crippen molar-refractivity contribution >= 4 is 11.8 Å². The molecule has 0 unspecified atom stereocenters. The minimum absolute atomic E-state index is 0.000850. The van der Waals surface area contributed by atoms with Crippen molar-refractivity contribution < 1.29 is 37.3 Å². The maximum atomic E-state index is 14.2. The van der Waals surface area contributed by atoms with E-state index in [-0.39, 0.29) is 19.0 Å². The molecule has 2 aromatic carbocycles. The zero-order valence-electron chi connectivity index (χ0n) is 23.0. The molecule has 3 aromatic rings. The molecule has 4 atom stereocenters. The Balaban J connectivity index is 1.59. The number of benzene rings is 2. The number of aliphatic hydroxyl groups is 1. The molecule has 222 valence electrons. The number of carbonyl (C=O) groups excluding carboxylic acids is 2. The standard InChI is InChI=1S/C29H29F3N4O6/c1-15-24(37)26(41-3)16(2)34-14-36(15)35-12-20(28(39)33-11-19-21(31)9-18(30)10-22(19)32)25(38)27(23(35)29(34)40)42-13-17-7-5-4-6-8-17/h4-10,12,15-16,24,26,37H,11,13-14H2,1-3H3,(H,33,39)/t15-,16+,24-,26+/m1/s1. The van der Waals surface area contributed by atoms with E-state index in [0.717, 1.165) is 6.20 Å². The number of hydrogen-bond donors (Lipinski definition) is 2. The number of fused-ring (bicyclic) bond motifs is 4. The number of rotatable bonds is 7. The molecule has 1 aromatic heterocycles. The van der Waals surface area contributed by atoms with Crippen molar-refractivity contribution in [2.75, 3.05) is 18.8 Å². The Kier molecular flexibility index (Phi) is 7.97. The van der Waals surface area contributed by atoms with Crippen molar-refractivity contribution in [2.24, 2.45) is 0 Å². The van der Waals surface area contributed by atoms with Crippen LogP contribution in [0, 0.1) is 17.5 Å². The molecule has 3 heterocycles. The average Bonchev–Trinajstić information content (AvgIpc) is 3.03. The van der Waals surface area contributed by atoms with Gasteiger partial charge in [-0.1, -0.05) is 30.3 Å². The lowest BCUT2D eigenvalue weighted by Crippen LogP contribution is -2.58. The highest BCUT2D eigenvalue weighted by atomic mass is 19.1. The van der Waals surface area contributed by atoms with Crippen LogP contribution in [0.5, 0.6) is 5.75 Å². The number of methoxy groups -OCH3 is 1. The normalized spacial score (nSPS) is 21.5. The SMILES string of the molecule is CO[C@@H]1[C@H](O)[C@@H](C)N2CN(C(=O)c3c(OCc4ccccc4)c(=O)c(C(=O)NCc4c(F)cc(F)cc4F)cn32)[C@H]1C. The minimum atomic E-state index is -1.21. The Labute approximate surface area is 238 Å². The van der Waals surface area contributed by atoms with Crippen molar-refractivity contribution in [1.29, 1.82) is 0 Å². The van der Waals surface area contributed by atoms with E-state index >= 15 is 0 Å². The Bertz CT molecular complexity index is 1560. The van der Waals surface area contributed by atoms with Gasteiger partial charge in [0.25, 0.3) is 11.8 Å². The predicted molar refractivity (Wildman–Crippen MR) is 144 cm³/mol. The van der Waals surface area contributed by atoms with Gasteiger partial charge in [-0.2, -0.15) is 0 Å². The summed E-state index contributed by atoms with van der Waals surface area (Å²) < 4.78 is 54.4. The van der Waals surface area contributed by atoms with Crippen molar-refractivity contribution in [1.82, 2.24) is 14.9 Å². The van der Waals surface area contributed by atoms with Crippen LogP contribution in [0.2, 0.25) is 0 Å². The number of pyridine rings is 1. The quantitative estimate of drug-likeness (QED) is 0.437. The first-order valence-electron chi connectivity index (χ1n) is 13.2. The molecule has 2 bridgehead atoms. The summed E-state index contributed by atoms with van der Waals surface area (Å²) in [6.07, 6.45) is -0.688. The molecule has 0 spiro atoms. The van der Waals surface area contributed by atoms with Gasteiger partial charge in [-0.3, -0.25) is 24.1 Å². The Morgan fingerprint density at radius 2 is 1.74 bits per heavy atom. The summed E-state index contributed by atoms with van der Waals surface area (Å²) in [5.41, 5.74) is -1.47.